The van der Waals surface area contributed by atoms with Crippen LogP contribution in [-0.2, 0) is 22.5 Å². The third kappa shape index (κ3) is 10.6. The molecule has 0 radical (unpaired) electrons. The van der Waals surface area contributed by atoms with Gasteiger partial charge in [0.2, 0.25) is 0 Å². The normalized spacial score (nSPS) is 10.3. The van der Waals surface area contributed by atoms with Crippen LogP contribution in [0.5, 0.6) is 0 Å². The fourth-order valence-corrected chi connectivity index (χ4v) is 3.28. The van der Waals surface area contributed by atoms with Crippen molar-refractivity contribution >= 4 is 32.2 Å². The first kappa shape index (κ1) is 19.8. The molecule has 0 aromatic rings. The van der Waals surface area contributed by atoms with E-state index in [0.717, 1.165) is 41.8 Å². The summed E-state index contributed by atoms with van der Waals surface area (Å²) in [5.74, 6) is 0. The molecule has 0 atom stereocenters. The summed E-state index contributed by atoms with van der Waals surface area (Å²) < 4.78 is 22.4. The predicted molar refractivity (Wildman–Crippen MR) is 93.1 cm³/mol. The standard InChI is InChI=1S/C16H30O2S2/c1-3-5-7-9-10-12-14-16(20-18)15(19-17)13-11-8-6-4-2/h3-14H2,1-2H3. The van der Waals surface area contributed by atoms with Crippen molar-refractivity contribution in [3.05, 3.63) is 0 Å². The van der Waals surface area contributed by atoms with Gasteiger partial charge in [-0.15, -0.1) is 0 Å². The van der Waals surface area contributed by atoms with Crippen molar-refractivity contribution < 1.29 is 8.42 Å². The van der Waals surface area contributed by atoms with Gasteiger partial charge in [0.1, 0.15) is 0 Å². The molecule has 0 saturated heterocycles. The molecule has 2 nitrogen and oxygen atoms in total. The van der Waals surface area contributed by atoms with Gasteiger partial charge in [-0.3, -0.25) is 0 Å². The third-order valence-corrected chi connectivity index (χ3v) is 4.96. The zero-order chi connectivity index (χ0) is 15.1. The van der Waals surface area contributed by atoms with Crippen LogP contribution in [0.1, 0.15) is 90.9 Å². The molecule has 0 aliphatic heterocycles. The number of hydrogen-bond acceptors (Lipinski definition) is 2. The van der Waals surface area contributed by atoms with Crippen LogP contribution in [-0.4, -0.2) is 18.1 Å². The summed E-state index contributed by atoms with van der Waals surface area (Å²) in [5, 5.41) is 0. The molecule has 20 heavy (non-hydrogen) atoms. The van der Waals surface area contributed by atoms with Gasteiger partial charge >= 0.3 is 0 Å². The minimum atomic E-state index is 0.541. The molecule has 0 amide bonds. The van der Waals surface area contributed by atoms with Crippen LogP contribution in [0, 0.1) is 0 Å². The lowest BCUT2D eigenvalue weighted by Crippen LogP contribution is -2.14. The summed E-state index contributed by atoms with van der Waals surface area (Å²) in [4.78, 5) is 1.60. The molecule has 0 aliphatic carbocycles. The number of rotatable bonds is 13. The van der Waals surface area contributed by atoms with Crippen LogP contribution >= 0.6 is 0 Å². The lowest BCUT2D eigenvalue weighted by molar-refractivity contribution is 0.616. The molecule has 0 spiro atoms. The summed E-state index contributed by atoms with van der Waals surface area (Å²) in [6.07, 6.45) is 13.6. The second kappa shape index (κ2) is 15.2. The monoisotopic (exact) mass is 318 g/mol. The van der Waals surface area contributed by atoms with E-state index in [-0.39, 0.29) is 0 Å². The van der Waals surface area contributed by atoms with Crippen molar-refractivity contribution in [1.29, 1.82) is 0 Å². The van der Waals surface area contributed by atoms with Crippen LogP contribution in [0.4, 0.5) is 0 Å². The van der Waals surface area contributed by atoms with Crippen LogP contribution in [0.15, 0.2) is 0 Å². The third-order valence-electron chi connectivity index (χ3n) is 3.53. The average Bonchev–Trinajstić information content (AvgIpc) is 2.48. The summed E-state index contributed by atoms with van der Waals surface area (Å²) >= 11 is 1.08. The Labute approximate surface area is 131 Å². The molecule has 0 aromatic heterocycles. The van der Waals surface area contributed by atoms with Crippen molar-refractivity contribution in [3.8, 4) is 0 Å². The maximum Gasteiger partial charge on any atom is 0.0933 e. The lowest BCUT2D eigenvalue weighted by Gasteiger charge is -2.05. The largest absolute Gasteiger partial charge is 0.212 e. The predicted octanol–water partition coefficient (Wildman–Crippen LogP) is 4.48. The van der Waals surface area contributed by atoms with E-state index in [1.54, 1.807) is 0 Å². The van der Waals surface area contributed by atoms with E-state index in [1.165, 1.54) is 44.9 Å². The summed E-state index contributed by atoms with van der Waals surface area (Å²) in [6, 6.07) is 0. The minimum absolute atomic E-state index is 0.541. The lowest BCUT2D eigenvalue weighted by atomic mass is 10.0. The first-order valence-electron chi connectivity index (χ1n) is 8.11. The van der Waals surface area contributed by atoms with E-state index in [4.69, 9.17) is 0 Å². The highest BCUT2D eigenvalue weighted by molar-refractivity contribution is 7.76. The smallest absolute Gasteiger partial charge is 0.0933 e. The Morgan fingerprint density at radius 1 is 0.600 bits per heavy atom. The second-order valence-electron chi connectivity index (χ2n) is 5.34. The molecular weight excluding hydrogens is 288 g/mol. The SMILES string of the molecule is CCCCCCCCC(=S=O)C(CCCCCC)=S=O. The minimum Gasteiger partial charge on any atom is -0.212 e. The fraction of sp³-hybridized carbons (Fsp3) is 0.875. The van der Waals surface area contributed by atoms with Crippen molar-refractivity contribution in [2.75, 3.05) is 0 Å². The topological polar surface area (TPSA) is 34.1 Å². The zero-order valence-corrected chi connectivity index (χ0v) is 14.8. The molecule has 0 saturated carbocycles. The summed E-state index contributed by atoms with van der Waals surface area (Å²) in [5.41, 5.74) is 0. The van der Waals surface area contributed by atoms with E-state index >= 15 is 0 Å². The molecule has 118 valence electrons. The number of unbranched alkanes of at least 4 members (excludes halogenated alkanes) is 8. The average molecular weight is 319 g/mol. The first-order chi connectivity index (χ1) is 9.79. The Balaban J connectivity index is 3.97. The Kier molecular flexibility index (Phi) is 15.0. The molecule has 4 heteroatoms. The van der Waals surface area contributed by atoms with E-state index < -0.39 is 0 Å². The van der Waals surface area contributed by atoms with Crippen LogP contribution in [0.25, 0.3) is 0 Å². The van der Waals surface area contributed by atoms with Crippen molar-refractivity contribution in [2.45, 2.75) is 90.9 Å². The molecule has 0 bridgehead atoms. The highest BCUT2D eigenvalue weighted by Gasteiger charge is 2.08. The second-order valence-corrected chi connectivity index (χ2v) is 6.66. The van der Waals surface area contributed by atoms with E-state index in [0.29, 0.717) is 22.5 Å². The number of hydrogen-bond donors (Lipinski definition) is 0. The van der Waals surface area contributed by atoms with Gasteiger partial charge < -0.3 is 0 Å². The van der Waals surface area contributed by atoms with Gasteiger partial charge in [-0.05, 0) is 25.7 Å². The van der Waals surface area contributed by atoms with Gasteiger partial charge in [0, 0.05) is 0 Å². The highest BCUT2D eigenvalue weighted by Crippen LogP contribution is 2.09. The van der Waals surface area contributed by atoms with Crippen molar-refractivity contribution in [1.82, 2.24) is 0 Å². The molecule has 0 rings (SSSR count). The molecule has 0 aromatic carbocycles. The summed E-state index contributed by atoms with van der Waals surface area (Å²) in [7, 11) is 0. The Bertz CT molecular complexity index is 340. The molecule has 0 unspecified atom stereocenters. The van der Waals surface area contributed by atoms with E-state index in [9.17, 15) is 8.42 Å². The van der Waals surface area contributed by atoms with Crippen LogP contribution in [0.3, 0.4) is 0 Å². The molecule has 0 heterocycles. The van der Waals surface area contributed by atoms with Gasteiger partial charge in [0.25, 0.3) is 0 Å². The van der Waals surface area contributed by atoms with Gasteiger partial charge in [0.15, 0.2) is 0 Å². The molecule has 0 fully saturated rings. The Morgan fingerprint density at radius 2 is 0.950 bits per heavy atom. The van der Waals surface area contributed by atoms with Gasteiger partial charge in [-0.25, -0.2) is 8.42 Å². The maximum atomic E-state index is 11.2. The fourth-order valence-electron chi connectivity index (χ4n) is 2.23. The molecule has 0 aliphatic rings. The Hall–Kier alpha value is -0.220. The summed E-state index contributed by atoms with van der Waals surface area (Å²) in [6.45, 7) is 4.39. The van der Waals surface area contributed by atoms with Gasteiger partial charge in [-0.2, -0.15) is 0 Å². The zero-order valence-electron chi connectivity index (χ0n) is 13.1. The van der Waals surface area contributed by atoms with E-state index in [2.05, 4.69) is 13.8 Å². The van der Waals surface area contributed by atoms with Crippen LogP contribution < -0.4 is 0 Å². The van der Waals surface area contributed by atoms with Crippen LogP contribution in [0.2, 0.25) is 0 Å². The van der Waals surface area contributed by atoms with Crippen molar-refractivity contribution in [3.63, 3.8) is 0 Å². The highest BCUT2D eigenvalue weighted by atomic mass is 32.1. The quantitative estimate of drug-likeness (QED) is 0.371. The maximum absolute atomic E-state index is 11.2. The molecule has 0 N–H and O–H groups in total. The first-order valence-corrected chi connectivity index (χ1v) is 9.60. The van der Waals surface area contributed by atoms with Crippen molar-refractivity contribution in [2.24, 2.45) is 0 Å². The van der Waals surface area contributed by atoms with E-state index in [1.807, 2.05) is 0 Å². The van der Waals surface area contributed by atoms with Gasteiger partial charge in [-0.1, -0.05) is 65.2 Å². The molecular formula is C16H30O2S2. The Morgan fingerprint density at radius 3 is 1.35 bits per heavy atom. The van der Waals surface area contributed by atoms with Gasteiger partial charge in [0.05, 0.1) is 32.2 Å².